The van der Waals surface area contributed by atoms with Gasteiger partial charge in [-0.15, -0.1) is 0 Å². The fraction of sp³-hybridized carbons (Fsp3) is 0.600. The monoisotopic (exact) mass is 270 g/mol. The van der Waals surface area contributed by atoms with Gasteiger partial charge in [0.25, 0.3) is 0 Å². The summed E-state index contributed by atoms with van der Waals surface area (Å²) in [6.07, 6.45) is 1.84. The highest BCUT2D eigenvalue weighted by molar-refractivity contribution is 5.18. The third-order valence-electron chi connectivity index (χ3n) is 4.04. The van der Waals surface area contributed by atoms with E-state index in [2.05, 4.69) is 18.7 Å². The lowest BCUT2D eigenvalue weighted by Gasteiger charge is -2.42. The van der Waals surface area contributed by atoms with Gasteiger partial charge in [-0.2, -0.15) is 0 Å². The van der Waals surface area contributed by atoms with E-state index in [0.717, 1.165) is 25.5 Å². The Bertz CT molecular complexity index is 375. The summed E-state index contributed by atoms with van der Waals surface area (Å²) in [6.45, 7) is 8.12. The van der Waals surface area contributed by atoms with Gasteiger partial charge < -0.3 is 5.73 Å². The molecule has 0 spiro atoms. The summed E-state index contributed by atoms with van der Waals surface area (Å²) in [7, 11) is 0. The topological polar surface area (TPSA) is 29.3 Å². The lowest BCUT2D eigenvalue weighted by Crippen LogP contribution is -2.52. The predicted octanol–water partition coefficient (Wildman–Crippen LogP) is 3.30. The molecule has 0 aliphatic rings. The summed E-state index contributed by atoms with van der Waals surface area (Å²) in [5, 5.41) is 0. The van der Waals surface area contributed by atoms with E-state index >= 15 is 0 Å². The average molecular weight is 270 g/mol. The van der Waals surface area contributed by atoms with Gasteiger partial charge in [0.15, 0.2) is 0 Å². The van der Waals surface area contributed by atoms with Gasteiger partial charge >= 0.3 is 0 Å². The zero-order valence-electron chi connectivity index (χ0n) is 12.0. The van der Waals surface area contributed by atoms with Crippen LogP contribution in [0.1, 0.15) is 39.2 Å². The molecule has 4 heteroatoms. The number of benzene rings is 1. The van der Waals surface area contributed by atoms with Crippen LogP contribution in [0.15, 0.2) is 18.2 Å². The summed E-state index contributed by atoms with van der Waals surface area (Å²) < 4.78 is 26.5. The minimum Gasteiger partial charge on any atom is -0.329 e. The maximum Gasteiger partial charge on any atom is 0.126 e. The molecule has 0 aliphatic carbocycles. The fourth-order valence-corrected chi connectivity index (χ4v) is 2.65. The second kappa shape index (κ2) is 6.96. The summed E-state index contributed by atoms with van der Waals surface area (Å²) in [5.74, 6) is -1.06. The van der Waals surface area contributed by atoms with Gasteiger partial charge in [-0.25, -0.2) is 8.78 Å². The normalized spacial score (nSPS) is 12.2. The minimum absolute atomic E-state index is 0.0997. The molecule has 1 aromatic rings. The maximum absolute atomic E-state index is 13.2. The quantitative estimate of drug-likeness (QED) is 0.823. The number of nitrogens with zero attached hydrogens (tertiary/aromatic N) is 1. The first-order chi connectivity index (χ1) is 9.01. The van der Waals surface area contributed by atoms with E-state index in [1.54, 1.807) is 0 Å². The Morgan fingerprint density at radius 3 is 1.95 bits per heavy atom. The molecule has 19 heavy (non-hydrogen) atoms. The number of hydrogen-bond donors (Lipinski definition) is 1. The van der Waals surface area contributed by atoms with Crippen molar-refractivity contribution in [2.24, 2.45) is 5.73 Å². The zero-order valence-corrected chi connectivity index (χ0v) is 12.0. The van der Waals surface area contributed by atoms with Gasteiger partial charge in [-0.1, -0.05) is 20.8 Å². The third kappa shape index (κ3) is 3.74. The molecule has 0 fully saturated rings. The zero-order chi connectivity index (χ0) is 14.5. The molecular weight excluding hydrogens is 246 g/mol. The van der Waals surface area contributed by atoms with Crippen LogP contribution in [0, 0.1) is 11.6 Å². The molecule has 0 saturated heterocycles. The second-order valence-corrected chi connectivity index (χ2v) is 4.93. The molecule has 0 radical (unpaired) electrons. The van der Waals surface area contributed by atoms with Crippen molar-refractivity contribution in [2.75, 3.05) is 13.1 Å². The molecule has 2 N–H and O–H groups in total. The third-order valence-corrected chi connectivity index (χ3v) is 4.04. The van der Waals surface area contributed by atoms with E-state index < -0.39 is 11.6 Å². The van der Waals surface area contributed by atoms with Gasteiger partial charge in [0.1, 0.15) is 11.6 Å². The van der Waals surface area contributed by atoms with E-state index in [-0.39, 0.29) is 5.54 Å². The number of hydrogen-bond acceptors (Lipinski definition) is 2. The Morgan fingerprint density at radius 1 is 1.05 bits per heavy atom. The highest BCUT2D eigenvalue weighted by Crippen LogP contribution is 2.25. The molecule has 1 aromatic carbocycles. The molecule has 108 valence electrons. The molecule has 0 amide bonds. The van der Waals surface area contributed by atoms with Gasteiger partial charge in [0, 0.05) is 24.7 Å². The van der Waals surface area contributed by atoms with Crippen LogP contribution in [0.2, 0.25) is 0 Å². The summed E-state index contributed by atoms with van der Waals surface area (Å²) >= 11 is 0. The van der Waals surface area contributed by atoms with E-state index in [1.165, 1.54) is 12.1 Å². The Hall–Kier alpha value is -1.00. The number of rotatable bonds is 7. The number of likely N-dealkylation sites (N-methyl/N-ethyl adjacent to an activating group) is 1. The van der Waals surface area contributed by atoms with Crippen molar-refractivity contribution in [1.29, 1.82) is 0 Å². The van der Waals surface area contributed by atoms with Crippen molar-refractivity contribution in [2.45, 2.75) is 45.7 Å². The molecule has 0 bridgehead atoms. The number of halogens is 2. The smallest absolute Gasteiger partial charge is 0.126 e. The van der Waals surface area contributed by atoms with Crippen LogP contribution in [0.5, 0.6) is 0 Å². The molecule has 0 saturated carbocycles. The second-order valence-electron chi connectivity index (χ2n) is 4.93. The van der Waals surface area contributed by atoms with Gasteiger partial charge in [0.05, 0.1) is 0 Å². The van der Waals surface area contributed by atoms with Crippen LogP contribution in [-0.4, -0.2) is 23.5 Å². The average Bonchev–Trinajstić information content (AvgIpc) is 2.38. The Labute approximate surface area is 114 Å². The lowest BCUT2D eigenvalue weighted by molar-refractivity contribution is 0.0826. The van der Waals surface area contributed by atoms with Crippen molar-refractivity contribution < 1.29 is 8.78 Å². The van der Waals surface area contributed by atoms with E-state index in [9.17, 15) is 8.78 Å². The van der Waals surface area contributed by atoms with Crippen molar-refractivity contribution in [3.63, 3.8) is 0 Å². The first-order valence-electron chi connectivity index (χ1n) is 6.91. The van der Waals surface area contributed by atoms with Gasteiger partial charge in [0.2, 0.25) is 0 Å². The summed E-state index contributed by atoms with van der Waals surface area (Å²) in [6, 6.07) is 3.67. The number of nitrogens with two attached hydrogens (primary N) is 1. The highest BCUT2D eigenvalue weighted by atomic mass is 19.1. The molecule has 0 unspecified atom stereocenters. The SMILES string of the molecule is CCN(Cc1cc(F)cc(F)c1)C(CC)(CC)CN. The Balaban J connectivity index is 2.98. The molecule has 0 atom stereocenters. The standard InChI is InChI=1S/C15H24F2N2/c1-4-15(5-2,11-18)19(6-3)10-12-7-13(16)9-14(17)8-12/h7-9H,4-6,10-11,18H2,1-3H3. The highest BCUT2D eigenvalue weighted by Gasteiger charge is 2.31. The summed E-state index contributed by atoms with van der Waals surface area (Å²) in [5.41, 5.74) is 6.48. The van der Waals surface area contributed by atoms with Crippen molar-refractivity contribution in [3.8, 4) is 0 Å². The molecule has 1 rings (SSSR count). The van der Waals surface area contributed by atoms with Gasteiger partial charge in [-0.05, 0) is 37.1 Å². The van der Waals surface area contributed by atoms with E-state index in [1.807, 2.05) is 6.92 Å². The van der Waals surface area contributed by atoms with E-state index in [4.69, 9.17) is 5.73 Å². The van der Waals surface area contributed by atoms with Crippen LogP contribution in [0.4, 0.5) is 8.78 Å². The Kier molecular flexibility index (Phi) is 5.88. The Morgan fingerprint density at radius 2 is 1.58 bits per heavy atom. The lowest BCUT2D eigenvalue weighted by atomic mass is 9.90. The molecule has 0 aliphatic heterocycles. The maximum atomic E-state index is 13.2. The summed E-state index contributed by atoms with van der Waals surface area (Å²) in [4.78, 5) is 2.21. The molecule has 0 heterocycles. The molecule has 2 nitrogen and oxygen atoms in total. The largest absolute Gasteiger partial charge is 0.329 e. The van der Waals surface area contributed by atoms with Crippen LogP contribution in [-0.2, 0) is 6.54 Å². The van der Waals surface area contributed by atoms with Crippen LogP contribution in [0.3, 0.4) is 0 Å². The van der Waals surface area contributed by atoms with Crippen molar-refractivity contribution in [3.05, 3.63) is 35.4 Å². The van der Waals surface area contributed by atoms with Crippen LogP contribution in [0.25, 0.3) is 0 Å². The molecule has 0 aromatic heterocycles. The first kappa shape index (κ1) is 16.1. The van der Waals surface area contributed by atoms with E-state index in [0.29, 0.717) is 18.7 Å². The van der Waals surface area contributed by atoms with Crippen molar-refractivity contribution in [1.82, 2.24) is 4.90 Å². The molecular formula is C15H24F2N2. The van der Waals surface area contributed by atoms with Crippen molar-refractivity contribution >= 4 is 0 Å². The van der Waals surface area contributed by atoms with Gasteiger partial charge in [-0.3, -0.25) is 4.90 Å². The van der Waals surface area contributed by atoms with Crippen LogP contribution >= 0.6 is 0 Å². The predicted molar refractivity (Wildman–Crippen MR) is 74.8 cm³/mol. The minimum atomic E-state index is -0.530. The first-order valence-corrected chi connectivity index (χ1v) is 6.91. The van der Waals surface area contributed by atoms with Crippen LogP contribution < -0.4 is 5.73 Å². The fourth-order valence-electron chi connectivity index (χ4n) is 2.65.